The molecule has 1 aromatic heterocycles. The number of nitrogens with zero attached hydrogens (tertiary/aromatic N) is 3. The van der Waals surface area contributed by atoms with Crippen LogP contribution in [0.2, 0.25) is 0 Å². The van der Waals surface area contributed by atoms with Crippen molar-refractivity contribution in [1.29, 1.82) is 0 Å². The number of carboxylic acids is 1. The summed E-state index contributed by atoms with van der Waals surface area (Å²) >= 11 is 0. The maximum Gasteiger partial charge on any atom is 0.375 e. The number of carboxylic acid groups (broad SMARTS) is 1. The van der Waals surface area contributed by atoms with Crippen LogP contribution in [-0.2, 0) is 11.8 Å². The van der Waals surface area contributed by atoms with Gasteiger partial charge < -0.3 is 5.11 Å². The van der Waals surface area contributed by atoms with E-state index in [4.69, 9.17) is 5.11 Å². The molecule has 0 aliphatic carbocycles. The van der Waals surface area contributed by atoms with Gasteiger partial charge in [-0.25, -0.2) is 14.5 Å². The van der Waals surface area contributed by atoms with E-state index in [-0.39, 0.29) is 11.2 Å². The first kappa shape index (κ1) is 15.2. The van der Waals surface area contributed by atoms with Crippen LogP contribution in [0, 0.1) is 0 Å². The van der Waals surface area contributed by atoms with Crippen LogP contribution >= 0.6 is 0 Å². The monoisotopic (exact) mass is 287 g/mol. The normalized spacial score (nSPS) is 11.6. The number of aromatic carboxylic acids is 1. The van der Waals surface area contributed by atoms with Crippen molar-refractivity contribution in [2.24, 2.45) is 0 Å². The van der Waals surface area contributed by atoms with E-state index < -0.39 is 5.97 Å². The van der Waals surface area contributed by atoms with Crippen LogP contribution in [0.1, 0.15) is 56.1 Å². The highest BCUT2D eigenvalue weighted by Crippen LogP contribution is 2.25. The zero-order valence-electron chi connectivity index (χ0n) is 12.9. The van der Waals surface area contributed by atoms with Gasteiger partial charge in [-0.05, 0) is 18.1 Å². The summed E-state index contributed by atoms with van der Waals surface area (Å²) in [4.78, 5) is 15.4. The summed E-state index contributed by atoms with van der Waals surface area (Å²) in [6, 6.07) is 7.93. The molecule has 0 spiro atoms. The second kappa shape index (κ2) is 5.68. The maximum atomic E-state index is 11.2. The predicted molar refractivity (Wildman–Crippen MR) is 81.0 cm³/mol. The van der Waals surface area contributed by atoms with Crippen LogP contribution in [0.25, 0.3) is 5.69 Å². The Bertz CT molecular complexity index is 654. The summed E-state index contributed by atoms with van der Waals surface area (Å²) in [5.74, 6) is -0.609. The predicted octanol–water partition coefficient (Wildman–Crippen LogP) is 3.22. The smallest absolute Gasteiger partial charge is 0.375 e. The van der Waals surface area contributed by atoms with E-state index in [9.17, 15) is 4.79 Å². The van der Waals surface area contributed by atoms with Gasteiger partial charge in [-0.15, -0.1) is 5.10 Å². The molecular weight excluding hydrogens is 266 g/mol. The summed E-state index contributed by atoms with van der Waals surface area (Å²) in [5.41, 5.74) is 1.76. The molecule has 0 radical (unpaired) electrons. The van der Waals surface area contributed by atoms with Crippen molar-refractivity contribution in [3.8, 4) is 5.69 Å². The van der Waals surface area contributed by atoms with E-state index in [2.05, 4.69) is 17.0 Å². The molecule has 112 valence electrons. The lowest BCUT2D eigenvalue weighted by molar-refractivity contribution is 0.0683. The van der Waals surface area contributed by atoms with Crippen molar-refractivity contribution in [3.63, 3.8) is 0 Å². The molecule has 5 nitrogen and oxygen atoms in total. The second-order valence-electron chi connectivity index (χ2n) is 6.10. The number of hydrogen-bond donors (Lipinski definition) is 1. The van der Waals surface area contributed by atoms with Gasteiger partial charge >= 0.3 is 5.97 Å². The SMILES string of the molecule is CCCc1ccccc1-n1nc(C(=O)O)nc1C(C)(C)C. The first-order valence-corrected chi connectivity index (χ1v) is 7.13. The van der Waals surface area contributed by atoms with Crippen LogP contribution in [0.4, 0.5) is 0 Å². The standard InChI is InChI=1S/C16H21N3O2/c1-5-8-11-9-6-7-10-12(11)19-15(16(2,3)4)17-13(18-19)14(20)21/h6-7,9-10H,5,8H2,1-4H3,(H,20,21). The van der Waals surface area contributed by atoms with E-state index in [1.165, 1.54) is 0 Å². The van der Waals surface area contributed by atoms with E-state index in [0.717, 1.165) is 24.1 Å². The first-order chi connectivity index (χ1) is 9.84. The van der Waals surface area contributed by atoms with Gasteiger partial charge in [0.15, 0.2) is 0 Å². The highest BCUT2D eigenvalue weighted by molar-refractivity contribution is 5.83. The molecule has 2 rings (SSSR count). The lowest BCUT2D eigenvalue weighted by atomic mass is 9.95. The fourth-order valence-corrected chi connectivity index (χ4v) is 2.25. The fourth-order valence-electron chi connectivity index (χ4n) is 2.25. The Morgan fingerprint density at radius 1 is 1.29 bits per heavy atom. The summed E-state index contributed by atoms with van der Waals surface area (Å²) in [6.45, 7) is 8.12. The number of carbonyl (C=O) groups is 1. The third-order valence-corrected chi connectivity index (χ3v) is 3.21. The number of aryl methyl sites for hydroxylation is 1. The third-order valence-electron chi connectivity index (χ3n) is 3.21. The van der Waals surface area contributed by atoms with Crippen LogP contribution in [0.3, 0.4) is 0 Å². The van der Waals surface area contributed by atoms with Crippen molar-refractivity contribution in [1.82, 2.24) is 14.8 Å². The number of rotatable bonds is 4. The van der Waals surface area contributed by atoms with E-state index in [1.807, 2.05) is 45.0 Å². The zero-order chi connectivity index (χ0) is 15.6. The second-order valence-corrected chi connectivity index (χ2v) is 6.10. The largest absolute Gasteiger partial charge is 0.475 e. The summed E-state index contributed by atoms with van der Waals surface area (Å²) in [5, 5.41) is 13.4. The average molecular weight is 287 g/mol. The van der Waals surface area contributed by atoms with Gasteiger partial charge in [-0.3, -0.25) is 0 Å². The van der Waals surface area contributed by atoms with Crippen molar-refractivity contribution in [2.75, 3.05) is 0 Å². The molecule has 5 heteroatoms. The highest BCUT2D eigenvalue weighted by atomic mass is 16.4. The molecule has 0 saturated heterocycles. The molecule has 1 heterocycles. The molecule has 0 unspecified atom stereocenters. The molecule has 1 aromatic carbocycles. The van der Waals surface area contributed by atoms with E-state index in [0.29, 0.717) is 5.82 Å². The van der Waals surface area contributed by atoms with Gasteiger partial charge in [0.2, 0.25) is 0 Å². The quantitative estimate of drug-likeness (QED) is 0.937. The average Bonchev–Trinajstić information content (AvgIpc) is 2.85. The number of hydrogen-bond acceptors (Lipinski definition) is 3. The van der Waals surface area contributed by atoms with Gasteiger partial charge in [-0.1, -0.05) is 52.3 Å². The zero-order valence-corrected chi connectivity index (χ0v) is 12.9. The topological polar surface area (TPSA) is 68.0 Å². The molecule has 0 amide bonds. The fraction of sp³-hybridized carbons (Fsp3) is 0.438. The summed E-state index contributed by atoms with van der Waals surface area (Å²) in [7, 11) is 0. The number of aromatic nitrogens is 3. The molecule has 2 aromatic rings. The molecule has 0 saturated carbocycles. The Labute approximate surface area is 124 Å². The van der Waals surface area contributed by atoms with Crippen LogP contribution in [0.5, 0.6) is 0 Å². The van der Waals surface area contributed by atoms with E-state index in [1.54, 1.807) is 4.68 Å². The van der Waals surface area contributed by atoms with Gasteiger partial charge in [0.05, 0.1) is 5.69 Å². The minimum atomic E-state index is -1.10. The molecule has 0 atom stereocenters. The van der Waals surface area contributed by atoms with Gasteiger partial charge in [-0.2, -0.15) is 0 Å². The Kier molecular flexibility index (Phi) is 4.11. The Balaban J connectivity index is 2.65. The third kappa shape index (κ3) is 3.12. The van der Waals surface area contributed by atoms with Gasteiger partial charge in [0.1, 0.15) is 5.82 Å². The van der Waals surface area contributed by atoms with Crippen molar-refractivity contribution >= 4 is 5.97 Å². The Hall–Kier alpha value is -2.17. The molecule has 0 aliphatic heterocycles. The Morgan fingerprint density at radius 3 is 2.52 bits per heavy atom. The molecule has 1 N–H and O–H groups in total. The molecule has 0 aliphatic rings. The van der Waals surface area contributed by atoms with Gasteiger partial charge in [0, 0.05) is 5.41 Å². The molecule has 0 bridgehead atoms. The highest BCUT2D eigenvalue weighted by Gasteiger charge is 2.26. The lowest BCUT2D eigenvalue weighted by Gasteiger charge is -2.19. The lowest BCUT2D eigenvalue weighted by Crippen LogP contribution is -2.19. The maximum absolute atomic E-state index is 11.2. The summed E-state index contributed by atoms with van der Waals surface area (Å²) in [6.07, 6.45) is 1.93. The van der Waals surface area contributed by atoms with Crippen LogP contribution < -0.4 is 0 Å². The number of para-hydroxylation sites is 1. The van der Waals surface area contributed by atoms with Crippen molar-refractivity contribution in [3.05, 3.63) is 41.5 Å². The van der Waals surface area contributed by atoms with E-state index >= 15 is 0 Å². The minimum absolute atomic E-state index is 0.161. The first-order valence-electron chi connectivity index (χ1n) is 7.13. The minimum Gasteiger partial charge on any atom is -0.475 e. The van der Waals surface area contributed by atoms with Crippen LogP contribution in [0.15, 0.2) is 24.3 Å². The van der Waals surface area contributed by atoms with Crippen LogP contribution in [-0.4, -0.2) is 25.8 Å². The summed E-state index contributed by atoms with van der Waals surface area (Å²) < 4.78 is 1.68. The Morgan fingerprint density at radius 2 is 1.95 bits per heavy atom. The van der Waals surface area contributed by atoms with Gasteiger partial charge in [0.25, 0.3) is 5.82 Å². The van der Waals surface area contributed by atoms with Crippen molar-refractivity contribution in [2.45, 2.75) is 46.0 Å². The molecular formula is C16H21N3O2. The number of benzene rings is 1. The van der Waals surface area contributed by atoms with Crippen molar-refractivity contribution < 1.29 is 9.90 Å². The molecule has 21 heavy (non-hydrogen) atoms. The molecule has 0 fully saturated rings.